The van der Waals surface area contributed by atoms with Crippen molar-refractivity contribution < 1.29 is 0 Å². The van der Waals surface area contributed by atoms with Crippen LogP contribution in [0.25, 0.3) is 0 Å². The molecule has 0 bridgehead atoms. The van der Waals surface area contributed by atoms with E-state index in [9.17, 15) is 0 Å². The SMILES string of the molecule is C1CCCNC2(CCC1)CC2. The van der Waals surface area contributed by atoms with Crippen molar-refractivity contribution in [3.05, 3.63) is 0 Å². The van der Waals surface area contributed by atoms with Gasteiger partial charge in [0.2, 0.25) is 0 Å². The van der Waals surface area contributed by atoms with E-state index >= 15 is 0 Å². The summed E-state index contributed by atoms with van der Waals surface area (Å²) in [4.78, 5) is 0. The van der Waals surface area contributed by atoms with Crippen LogP contribution >= 0.6 is 0 Å². The Labute approximate surface area is 69.6 Å². The molecule has 2 fully saturated rings. The van der Waals surface area contributed by atoms with E-state index in [1.165, 1.54) is 57.9 Å². The lowest BCUT2D eigenvalue weighted by Crippen LogP contribution is -2.31. The smallest absolute Gasteiger partial charge is 0.0182 e. The molecule has 1 N–H and O–H groups in total. The van der Waals surface area contributed by atoms with Gasteiger partial charge >= 0.3 is 0 Å². The highest BCUT2D eigenvalue weighted by Crippen LogP contribution is 2.40. The van der Waals surface area contributed by atoms with Gasteiger partial charge in [0.05, 0.1) is 0 Å². The van der Waals surface area contributed by atoms with E-state index in [2.05, 4.69) is 5.32 Å². The Morgan fingerprint density at radius 3 is 2.27 bits per heavy atom. The van der Waals surface area contributed by atoms with Crippen LogP contribution in [0.15, 0.2) is 0 Å². The second kappa shape index (κ2) is 3.14. The van der Waals surface area contributed by atoms with Crippen LogP contribution in [0.1, 0.15) is 51.4 Å². The third kappa shape index (κ3) is 1.96. The predicted molar refractivity (Wildman–Crippen MR) is 47.7 cm³/mol. The van der Waals surface area contributed by atoms with Gasteiger partial charge in [0.15, 0.2) is 0 Å². The minimum atomic E-state index is 0.643. The lowest BCUT2D eigenvalue weighted by molar-refractivity contribution is 0.458. The summed E-state index contributed by atoms with van der Waals surface area (Å²) < 4.78 is 0. The molecule has 1 aliphatic heterocycles. The average molecular weight is 153 g/mol. The fourth-order valence-electron chi connectivity index (χ4n) is 2.14. The number of nitrogens with one attached hydrogen (secondary N) is 1. The van der Waals surface area contributed by atoms with Crippen molar-refractivity contribution in [2.45, 2.75) is 56.9 Å². The van der Waals surface area contributed by atoms with Crippen molar-refractivity contribution in [2.75, 3.05) is 6.54 Å². The van der Waals surface area contributed by atoms with E-state index in [4.69, 9.17) is 0 Å². The molecule has 1 saturated carbocycles. The summed E-state index contributed by atoms with van der Waals surface area (Å²) in [6, 6.07) is 0. The third-order valence-corrected chi connectivity index (χ3v) is 3.19. The van der Waals surface area contributed by atoms with Gasteiger partial charge in [0.25, 0.3) is 0 Å². The second-order valence-electron chi connectivity index (χ2n) is 4.22. The number of hydrogen-bond donors (Lipinski definition) is 1. The number of hydrogen-bond acceptors (Lipinski definition) is 1. The summed E-state index contributed by atoms with van der Waals surface area (Å²) in [5.74, 6) is 0. The zero-order valence-corrected chi connectivity index (χ0v) is 7.36. The van der Waals surface area contributed by atoms with Crippen molar-refractivity contribution in [1.29, 1.82) is 0 Å². The van der Waals surface area contributed by atoms with E-state index in [0.717, 1.165) is 0 Å². The van der Waals surface area contributed by atoms with Crippen LogP contribution in [0, 0.1) is 0 Å². The van der Waals surface area contributed by atoms with Crippen molar-refractivity contribution >= 4 is 0 Å². The monoisotopic (exact) mass is 153 g/mol. The van der Waals surface area contributed by atoms with Crippen molar-refractivity contribution in [3.8, 4) is 0 Å². The van der Waals surface area contributed by atoms with E-state index in [1.54, 1.807) is 0 Å². The molecule has 64 valence electrons. The Balaban J connectivity index is 1.82. The van der Waals surface area contributed by atoms with E-state index < -0.39 is 0 Å². The van der Waals surface area contributed by atoms with Gasteiger partial charge in [-0.25, -0.2) is 0 Å². The lowest BCUT2D eigenvalue weighted by Gasteiger charge is -2.14. The summed E-state index contributed by atoms with van der Waals surface area (Å²) in [5, 5.41) is 3.71. The van der Waals surface area contributed by atoms with Crippen molar-refractivity contribution in [1.82, 2.24) is 5.32 Å². The quantitative estimate of drug-likeness (QED) is 0.563. The first-order valence-electron chi connectivity index (χ1n) is 5.16. The zero-order chi connectivity index (χ0) is 7.57. The van der Waals surface area contributed by atoms with Gasteiger partial charge in [0, 0.05) is 5.54 Å². The highest BCUT2D eigenvalue weighted by Gasteiger charge is 2.40. The molecule has 0 radical (unpaired) electrons. The fraction of sp³-hybridized carbons (Fsp3) is 1.00. The largest absolute Gasteiger partial charge is 0.311 e. The molecular weight excluding hydrogens is 134 g/mol. The van der Waals surface area contributed by atoms with Crippen molar-refractivity contribution in [3.63, 3.8) is 0 Å². The van der Waals surface area contributed by atoms with Crippen molar-refractivity contribution in [2.24, 2.45) is 0 Å². The average Bonchev–Trinajstić information content (AvgIpc) is 2.70. The highest BCUT2D eigenvalue weighted by atomic mass is 15.0. The van der Waals surface area contributed by atoms with E-state index in [1.807, 2.05) is 0 Å². The standard InChI is InChI=1S/C10H19N/c1-2-4-6-10(7-8-10)11-9-5-3-1/h11H,1-9H2. The summed E-state index contributed by atoms with van der Waals surface area (Å²) in [6.45, 7) is 1.28. The van der Waals surface area contributed by atoms with Gasteiger partial charge in [-0.15, -0.1) is 0 Å². The molecule has 0 unspecified atom stereocenters. The van der Waals surface area contributed by atoms with Gasteiger partial charge in [-0.1, -0.05) is 25.7 Å². The maximum Gasteiger partial charge on any atom is 0.0182 e. The molecule has 0 aromatic rings. The Bertz CT molecular complexity index is 115. The van der Waals surface area contributed by atoms with Crippen LogP contribution < -0.4 is 5.32 Å². The van der Waals surface area contributed by atoms with Crippen LogP contribution in [-0.4, -0.2) is 12.1 Å². The summed E-state index contributed by atoms with van der Waals surface area (Å²) in [7, 11) is 0. The van der Waals surface area contributed by atoms with Crippen LogP contribution in [0.5, 0.6) is 0 Å². The molecule has 1 nitrogen and oxygen atoms in total. The highest BCUT2D eigenvalue weighted by molar-refractivity contribution is 5.01. The van der Waals surface area contributed by atoms with Crippen LogP contribution in [-0.2, 0) is 0 Å². The molecule has 1 heterocycles. The molecule has 0 aromatic heterocycles. The zero-order valence-electron chi connectivity index (χ0n) is 7.36. The van der Waals surface area contributed by atoms with Gasteiger partial charge in [-0.3, -0.25) is 0 Å². The topological polar surface area (TPSA) is 12.0 Å². The van der Waals surface area contributed by atoms with Gasteiger partial charge < -0.3 is 5.32 Å². The Kier molecular flexibility index (Phi) is 2.17. The van der Waals surface area contributed by atoms with E-state index in [-0.39, 0.29) is 0 Å². The molecule has 1 heteroatoms. The van der Waals surface area contributed by atoms with Gasteiger partial charge in [-0.2, -0.15) is 0 Å². The summed E-state index contributed by atoms with van der Waals surface area (Å²) >= 11 is 0. The molecule has 2 rings (SSSR count). The molecule has 2 aliphatic rings. The van der Waals surface area contributed by atoms with E-state index in [0.29, 0.717) is 5.54 Å². The maximum absolute atomic E-state index is 3.71. The minimum absolute atomic E-state index is 0.643. The Morgan fingerprint density at radius 1 is 0.727 bits per heavy atom. The predicted octanol–water partition coefficient (Wildman–Crippen LogP) is 2.46. The molecule has 1 spiro atoms. The fourth-order valence-corrected chi connectivity index (χ4v) is 2.14. The second-order valence-corrected chi connectivity index (χ2v) is 4.22. The first-order chi connectivity index (χ1) is 5.41. The molecule has 11 heavy (non-hydrogen) atoms. The summed E-state index contributed by atoms with van der Waals surface area (Å²) in [6.07, 6.45) is 11.6. The molecule has 1 aliphatic carbocycles. The Morgan fingerprint density at radius 2 is 1.45 bits per heavy atom. The third-order valence-electron chi connectivity index (χ3n) is 3.19. The maximum atomic E-state index is 3.71. The van der Waals surface area contributed by atoms with Gasteiger partial charge in [0.1, 0.15) is 0 Å². The van der Waals surface area contributed by atoms with Gasteiger partial charge in [-0.05, 0) is 32.2 Å². The molecule has 0 aromatic carbocycles. The van der Waals surface area contributed by atoms with Crippen LogP contribution in [0.3, 0.4) is 0 Å². The normalized spacial score (nSPS) is 30.5. The van der Waals surface area contributed by atoms with Crippen LogP contribution in [0.2, 0.25) is 0 Å². The summed E-state index contributed by atoms with van der Waals surface area (Å²) in [5.41, 5.74) is 0.643. The van der Waals surface area contributed by atoms with Crippen LogP contribution in [0.4, 0.5) is 0 Å². The first kappa shape index (κ1) is 7.60. The lowest BCUT2D eigenvalue weighted by atomic mass is 10.1. The molecule has 0 atom stereocenters. The Hall–Kier alpha value is -0.0400. The molecule has 1 saturated heterocycles. The number of rotatable bonds is 0. The molecular formula is C10H19N. The molecule has 0 amide bonds. The minimum Gasteiger partial charge on any atom is -0.311 e. The first-order valence-corrected chi connectivity index (χ1v) is 5.16.